The third-order valence-corrected chi connectivity index (χ3v) is 2.03. The van der Waals surface area contributed by atoms with Crippen molar-refractivity contribution in [3.63, 3.8) is 0 Å². The van der Waals surface area contributed by atoms with Crippen LogP contribution in [0.2, 0.25) is 0 Å². The van der Waals surface area contributed by atoms with E-state index >= 15 is 0 Å². The first-order valence-electron chi connectivity index (χ1n) is 4.18. The summed E-state index contributed by atoms with van der Waals surface area (Å²) in [7, 11) is 1.93. The quantitative estimate of drug-likeness (QED) is 0.601. The molecule has 12 heavy (non-hydrogen) atoms. The molecule has 0 aromatic carbocycles. The van der Waals surface area contributed by atoms with Crippen molar-refractivity contribution in [1.82, 2.24) is 9.78 Å². The van der Waals surface area contributed by atoms with Gasteiger partial charge in [0.15, 0.2) is 5.82 Å². The maximum Gasteiger partial charge on any atom is 0.150 e. The van der Waals surface area contributed by atoms with E-state index in [1.165, 1.54) is 0 Å². The number of nitrogens with zero attached hydrogens (tertiary/aromatic N) is 3. The number of anilines is 1. The lowest BCUT2D eigenvalue weighted by atomic mass is 10.4. The molecule has 2 rings (SSSR count). The topological polar surface area (TPSA) is 30.3 Å². The van der Waals surface area contributed by atoms with Crippen LogP contribution in [-0.4, -0.2) is 36.1 Å². The molecule has 1 saturated heterocycles. The maximum atomic E-state index is 5.25. The van der Waals surface area contributed by atoms with Crippen molar-refractivity contribution in [2.75, 3.05) is 31.2 Å². The lowest BCUT2D eigenvalue weighted by Crippen LogP contribution is -2.36. The van der Waals surface area contributed by atoms with Crippen molar-refractivity contribution in [2.45, 2.75) is 0 Å². The van der Waals surface area contributed by atoms with Crippen molar-refractivity contribution < 1.29 is 4.74 Å². The van der Waals surface area contributed by atoms with Crippen LogP contribution < -0.4 is 4.90 Å². The van der Waals surface area contributed by atoms with Crippen LogP contribution in [0.15, 0.2) is 12.3 Å². The van der Waals surface area contributed by atoms with Gasteiger partial charge in [-0.3, -0.25) is 4.68 Å². The number of rotatable bonds is 1. The molecule has 2 heterocycles. The average molecular weight is 167 g/mol. The minimum absolute atomic E-state index is 0.816. The predicted octanol–water partition coefficient (Wildman–Crippen LogP) is 0.257. The summed E-state index contributed by atoms with van der Waals surface area (Å²) >= 11 is 0. The molecule has 0 spiro atoms. The van der Waals surface area contributed by atoms with Crippen LogP contribution in [-0.2, 0) is 11.8 Å². The Kier molecular flexibility index (Phi) is 1.99. The number of ether oxygens (including phenoxy) is 1. The van der Waals surface area contributed by atoms with Crippen LogP contribution in [0.3, 0.4) is 0 Å². The normalized spacial score (nSPS) is 18.2. The first-order valence-corrected chi connectivity index (χ1v) is 4.18. The highest BCUT2D eigenvalue weighted by atomic mass is 16.5. The van der Waals surface area contributed by atoms with E-state index in [-0.39, 0.29) is 0 Å². The molecule has 1 aromatic heterocycles. The zero-order valence-electron chi connectivity index (χ0n) is 7.23. The summed E-state index contributed by atoms with van der Waals surface area (Å²) in [6.07, 6.45) is 1.96. The minimum Gasteiger partial charge on any atom is -0.378 e. The Balaban J connectivity index is 2.08. The number of aromatic nitrogens is 2. The zero-order chi connectivity index (χ0) is 8.39. The van der Waals surface area contributed by atoms with E-state index in [2.05, 4.69) is 10.00 Å². The van der Waals surface area contributed by atoms with Crippen molar-refractivity contribution in [3.05, 3.63) is 12.3 Å². The molecule has 4 heteroatoms. The largest absolute Gasteiger partial charge is 0.378 e. The molecule has 0 atom stereocenters. The van der Waals surface area contributed by atoms with E-state index in [9.17, 15) is 0 Å². The van der Waals surface area contributed by atoms with Gasteiger partial charge in [0.05, 0.1) is 13.2 Å². The van der Waals surface area contributed by atoms with Crippen molar-refractivity contribution in [2.24, 2.45) is 7.05 Å². The fraction of sp³-hybridized carbons (Fsp3) is 0.625. The summed E-state index contributed by atoms with van der Waals surface area (Å²) in [6, 6.07) is 2.03. The van der Waals surface area contributed by atoms with E-state index in [1.54, 1.807) is 0 Å². The molecule has 0 saturated carbocycles. The Morgan fingerprint density at radius 3 is 2.75 bits per heavy atom. The first-order chi connectivity index (χ1) is 5.86. The van der Waals surface area contributed by atoms with Gasteiger partial charge in [-0.15, -0.1) is 0 Å². The SMILES string of the molecule is Cn1ccc(N2CCOCC2)n1. The highest BCUT2D eigenvalue weighted by molar-refractivity contribution is 5.36. The van der Waals surface area contributed by atoms with Crippen LogP contribution in [0, 0.1) is 0 Å². The smallest absolute Gasteiger partial charge is 0.150 e. The van der Waals surface area contributed by atoms with Crippen LogP contribution in [0.4, 0.5) is 5.82 Å². The molecule has 0 unspecified atom stereocenters. The highest BCUT2D eigenvalue weighted by Crippen LogP contribution is 2.10. The Bertz CT molecular complexity index is 253. The predicted molar refractivity (Wildman–Crippen MR) is 46.2 cm³/mol. The molecule has 66 valence electrons. The minimum atomic E-state index is 0.816. The molecule has 1 aliphatic heterocycles. The zero-order valence-corrected chi connectivity index (χ0v) is 7.23. The molecule has 0 bridgehead atoms. The summed E-state index contributed by atoms with van der Waals surface area (Å²) in [5.41, 5.74) is 0. The second-order valence-corrected chi connectivity index (χ2v) is 2.95. The van der Waals surface area contributed by atoms with E-state index in [0.29, 0.717) is 0 Å². The summed E-state index contributed by atoms with van der Waals surface area (Å²) in [5, 5.41) is 4.32. The molecule has 0 amide bonds. The van der Waals surface area contributed by atoms with Gasteiger partial charge in [0.1, 0.15) is 0 Å². The van der Waals surface area contributed by atoms with Gasteiger partial charge in [-0.1, -0.05) is 0 Å². The Morgan fingerprint density at radius 2 is 2.17 bits per heavy atom. The van der Waals surface area contributed by atoms with E-state index < -0.39 is 0 Å². The summed E-state index contributed by atoms with van der Waals surface area (Å²) < 4.78 is 7.08. The van der Waals surface area contributed by atoms with E-state index in [4.69, 9.17) is 4.74 Å². The molecule has 0 aliphatic carbocycles. The van der Waals surface area contributed by atoms with Gasteiger partial charge in [-0.2, -0.15) is 5.10 Å². The van der Waals surface area contributed by atoms with Crippen LogP contribution in [0.25, 0.3) is 0 Å². The molecular formula is C8H13N3O. The second kappa shape index (κ2) is 3.15. The van der Waals surface area contributed by atoms with Gasteiger partial charge in [0.2, 0.25) is 0 Å². The molecule has 1 fully saturated rings. The standard InChI is InChI=1S/C8H13N3O/c1-10-3-2-8(9-10)11-4-6-12-7-5-11/h2-3H,4-7H2,1H3. The monoisotopic (exact) mass is 167 g/mol. The van der Waals surface area contributed by atoms with Crippen molar-refractivity contribution in [3.8, 4) is 0 Å². The highest BCUT2D eigenvalue weighted by Gasteiger charge is 2.12. The number of morpholine rings is 1. The van der Waals surface area contributed by atoms with Gasteiger partial charge in [0, 0.05) is 32.4 Å². The number of hydrogen-bond donors (Lipinski definition) is 0. The van der Waals surface area contributed by atoms with Crippen LogP contribution in [0.5, 0.6) is 0 Å². The van der Waals surface area contributed by atoms with Gasteiger partial charge < -0.3 is 9.64 Å². The third kappa shape index (κ3) is 1.43. The van der Waals surface area contributed by atoms with Gasteiger partial charge in [-0.25, -0.2) is 0 Å². The summed E-state index contributed by atoms with van der Waals surface area (Å²) in [5.74, 6) is 1.06. The summed E-state index contributed by atoms with van der Waals surface area (Å²) in [4.78, 5) is 2.24. The lowest BCUT2D eigenvalue weighted by Gasteiger charge is -2.26. The lowest BCUT2D eigenvalue weighted by molar-refractivity contribution is 0.122. The van der Waals surface area contributed by atoms with Crippen molar-refractivity contribution in [1.29, 1.82) is 0 Å². The van der Waals surface area contributed by atoms with Crippen molar-refractivity contribution >= 4 is 5.82 Å². The second-order valence-electron chi connectivity index (χ2n) is 2.95. The number of hydrogen-bond acceptors (Lipinski definition) is 3. The van der Waals surface area contributed by atoms with Gasteiger partial charge in [-0.05, 0) is 0 Å². The maximum absolute atomic E-state index is 5.25. The fourth-order valence-corrected chi connectivity index (χ4v) is 1.36. The fourth-order valence-electron chi connectivity index (χ4n) is 1.36. The molecule has 4 nitrogen and oxygen atoms in total. The number of aryl methyl sites for hydroxylation is 1. The Labute approximate surface area is 71.7 Å². The van der Waals surface area contributed by atoms with Crippen LogP contribution in [0.1, 0.15) is 0 Å². The molecule has 1 aromatic rings. The Hall–Kier alpha value is -1.03. The van der Waals surface area contributed by atoms with Gasteiger partial charge in [0.25, 0.3) is 0 Å². The Morgan fingerprint density at radius 1 is 1.42 bits per heavy atom. The molecule has 0 radical (unpaired) electrons. The molecular weight excluding hydrogens is 154 g/mol. The molecule has 0 N–H and O–H groups in total. The van der Waals surface area contributed by atoms with Gasteiger partial charge >= 0.3 is 0 Å². The van der Waals surface area contributed by atoms with E-state index in [1.807, 2.05) is 24.0 Å². The first kappa shape index (κ1) is 7.61. The molecule has 1 aliphatic rings. The van der Waals surface area contributed by atoms with E-state index in [0.717, 1.165) is 32.1 Å². The average Bonchev–Trinajstić information content (AvgIpc) is 2.54. The van der Waals surface area contributed by atoms with Crippen LogP contribution >= 0.6 is 0 Å². The third-order valence-electron chi connectivity index (χ3n) is 2.03. The summed E-state index contributed by atoms with van der Waals surface area (Å²) in [6.45, 7) is 3.54.